The first kappa shape index (κ1) is 17.5. The van der Waals surface area contributed by atoms with Gasteiger partial charge in [-0.25, -0.2) is 4.98 Å². The van der Waals surface area contributed by atoms with Gasteiger partial charge in [0.15, 0.2) is 7.98 Å². The molecular weight excluding hydrogens is 336 g/mol. The molecule has 1 aromatic heterocycles. The standard InChI is InChI=1S/C20H27B2N3O2/c1-19(2)20(3,4)27-22(26-19)14-7-5-12(6-8-14)15-11-23-18(24-15)17-10-13-9-16(13)25(17)21/h5-8,11,13,16-17H,9-10,21H2,1-4H3,(H,23,24)/t13?,16?,17-/m0/s1. The lowest BCUT2D eigenvalue weighted by Crippen LogP contribution is -2.41. The fourth-order valence-electron chi connectivity index (χ4n) is 4.42. The Morgan fingerprint density at radius 2 is 1.78 bits per heavy atom. The maximum absolute atomic E-state index is 6.15. The molecule has 0 spiro atoms. The molecule has 2 saturated heterocycles. The molecule has 3 fully saturated rings. The predicted molar refractivity (Wildman–Crippen MR) is 109 cm³/mol. The number of aromatic amines is 1. The van der Waals surface area contributed by atoms with Crippen LogP contribution in [0.2, 0.25) is 0 Å². The maximum atomic E-state index is 6.15. The Bertz CT molecular complexity index is 848. The average Bonchev–Trinajstić information content (AvgIpc) is 2.98. The van der Waals surface area contributed by atoms with Crippen LogP contribution in [-0.2, 0) is 9.31 Å². The van der Waals surface area contributed by atoms with Crippen molar-refractivity contribution in [2.45, 2.75) is 63.8 Å². The SMILES string of the molecule is BN1C2CC2C[C@H]1c1ncc(-c2ccc(B3OC(C)(C)C(C)(C)O3)cc2)[nH]1. The van der Waals surface area contributed by atoms with E-state index in [1.54, 1.807) is 0 Å². The van der Waals surface area contributed by atoms with Crippen LogP contribution in [0.25, 0.3) is 11.3 Å². The quantitative estimate of drug-likeness (QED) is 0.849. The van der Waals surface area contributed by atoms with Crippen molar-refractivity contribution >= 4 is 20.6 Å². The molecule has 5 rings (SSSR count). The van der Waals surface area contributed by atoms with Crippen molar-refractivity contribution in [2.75, 3.05) is 0 Å². The number of hydrogen-bond donors (Lipinski definition) is 1. The number of rotatable bonds is 3. The highest BCUT2D eigenvalue weighted by Gasteiger charge is 2.52. The molecule has 0 amide bonds. The summed E-state index contributed by atoms with van der Waals surface area (Å²) in [6.07, 6.45) is 4.55. The monoisotopic (exact) mass is 363 g/mol. The van der Waals surface area contributed by atoms with Gasteiger partial charge in [0.05, 0.1) is 29.1 Å². The second kappa shape index (κ2) is 5.72. The summed E-state index contributed by atoms with van der Waals surface area (Å²) < 4.78 is 12.3. The summed E-state index contributed by atoms with van der Waals surface area (Å²) in [7, 11) is 1.91. The molecular formula is C20H27B2N3O2. The van der Waals surface area contributed by atoms with Gasteiger partial charge in [-0.1, -0.05) is 24.3 Å². The Morgan fingerprint density at radius 1 is 1.11 bits per heavy atom. The Hall–Kier alpha value is -1.56. The molecule has 3 atom stereocenters. The molecule has 1 aliphatic carbocycles. The van der Waals surface area contributed by atoms with Gasteiger partial charge in [0, 0.05) is 6.04 Å². The number of hydrogen-bond acceptors (Lipinski definition) is 4. The summed E-state index contributed by atoms with van der Waals surface area (Å²) in [4.78, 5) is 10.7. The molecule has 1 N–H and O–H groups in total. The topological polar surface area (TPSA) is 50.4 Å². The largest absolute Gasteiger partial charge is 0.494 e. The second-order valence-electron chi connectivity index (χ2n) is 9.37. The van der Waals surface area contributed by atoms with Crippen LogP contribution in [0.3, 0.4) is 0 Å². The zero-order chi connectivity index (χ0) is 19.0. The van der Waals surface area contributed by atoms with Crippen molar-refractivity contribution in [1.82, 2.24) is 14.8 Å². The minimum Gasteiger partial charge on any atom is -0.399 e. The zero-order valence-corrected chi connectivity index (χ0v) is 16.8. The number of H-pyrrole nitrogens is 1. The fraction of sp³-hybridized carbons (Fsp3) is 0.550. The lowest BCUT2D eigenvalue weighted by molar-refractivity contribution is 0.00578. The van der Waals surface area contributed by atoms with E-state index >= 15 is 0 Å². The number of aromatic nitrogens is 2. The molecule has 7 heteroatoms. The van der Waals surface area contributed by atoms with Crippen molar-refractivity contribution in [3.8, 4) is 11.3 Å². The highest BCUT2D eigenvalue weighted by Crippen LogP contribution is 2.51. The number of fused-ring (bicyclic) bond motifs is 1. The van der Waals surface area contributed by atoms with Crippen molar-refractivity contribution in [3.05, 3.63) is 36.3 Å². The number of nitrogens with zero attached hydrogens (tertiary/aromatic N) is 2. The number of nitrogens with one attached hydrogen (secondary N) is 1. The van der Waals surface area contributed by atoms with Gasteiger partial charge in [-0.15, -0.1) is 0 Å². The summed E-state index contributed by atoms with van der Waals surface area (Å²) in [6, 6.07) is 9.64. The molecule has 0 radical (unpaired) electrons. The highest BCUT2D eigenvalue weighted by molar-refractivity contribution is 6.62. The van der Waals surface area contributed by atoms with Gasteiger partial charge in [0.1, 0.15) is 5.82 Å². The van der Waals surface area contributed by atoms with E-state index in [-0.39, 0.29) is 18.3 Å². The van der Waals surface area contributed by atoms with Crippen LogP contribution in [0.1, 0.15) is 52.4 Å². The van der Waals surface area contributed by atoms with Crippen molar-refractivity contribution in [3.63, 3.8) is 0 Å². The smallest absolute Gasteiger partial charge is 0.399 e. The van der Waals surface area contributed by atoms with Crippen molar-refractivity contribution < 1.29 is 9.31 Å². The van der Waals surface area contributed by atoms with Gasteiger partial charge in [0.2, 0.25) is 0 Å². The van der Waals surface area contributed by atoms with Crippen LogP contribution in [0.5, 0.6) is 0 Å². The minimum absolute atomic E-state index is 0.317. The molecule has 2 aromatic rings. The van der Waals surface area contributed by atoms with Crippen LogP contribution in [-0.4, -0.2) is 47.1 Å². The Balaban J connectivity index is 1.33. The molecule has 1 saturated carbocycles. The van der Waals surface area contributed by atoms with Crippen LogP contribution >= 0.6 is 0 Å². The molecule has 140 valence electrons. The van der Waals surface area contributed by atoms with E-state index in [4.69, 9.17) is 9.31 Å². The van der Waals surface area contributed by atoms with Gasteiger partial charge in [-0.2, -0.15) is 0 Å². The lowest BCUT2D eigenvalue weighted by Gasteiger charge is -2.32. The molecule has 3 aliphatic rings. The van der Waals surface area contributed by atoms with Crippen LogP contribution in [0.15, 0.2) is 30.5 Å². The first-order valence-electron chi connectivity index (χ1n) is 9.98. The van der Waals surface area contributed by atoms with Gasteiger partial charge in [-0.3, -0.25) is 0 Å². The number of benzene rings is 1. The molecule has 1 aromatic carbocycles. The molecule has 2 aliphatic heterocycles. The van der Waals surface area contributed by atoms with E-state index in [0.717, 1.165) is 34.5 Å². The minimum atomic E-state index is -0.319. The molecule has 27 heavy (non-hydrogen) atoms. The van der Waals surface area contributed by atoms with Gasteiger partial charge in [-0.05, 0) is 57.5 Å². The first-order chi connectivity index (χ1) is 12.7. The summed E-state index contributed by atoms with van der Waals surface area (Å²) in [6.45, 7) is 8.32. The van der Waals surface area contributed by atoms with Crippen LogP contribution in [0, 0.1) is 5.92 Å². The summed E-state index contributed by atoms with van der Waals surface area (Å²) in [5.74, 6) is 1.97. The van der Waals surface area contributed by atoms with E-state index in [9.17, 15) is 0 Å². The fourth-order valence-corrected chi connectivity index (χ4v) is 4.42. The lowest BCUT2D eigenvalue weighted by atomic mass is 9.79. The van der Waals surface area contributed by atoms with Crippen molar-refractivity contribution in [1.29, 1.82) is 0 Å². The Morgan fingerprint density at radius 3 is 2.37 bits per heavy atom. The summed E-state index contributed by atoms with van der Waals surface area (Å²) >= 11 is 0. The van der Waals surface area contributed by atoms with E-state index in [1.807, 2.05) is 6.20 Å². The van der Waals surface area contributed by atoms with Crippen LogP contribution < -0.4 is 5.46 Å². The van der Waals surface area contributed by atoms with E-state index in [0.29, 0.717) is 6.04 Å². The third-order valence-corrected chi connectivity index (χ3v) is 7.08. The maximum Gasteiger partial charge on any atom is 0.494 e. The van der Waals surface area contributed by atoms with E-state index < -0.39 is 0 Å². The van der Waals surface area contributed by atoms with Gasteiger partial charge >= 0.3 is 7.12 Å². The van der Waals surface area contributed by atoms with Gasteiger partial charge in [0.25, 0.3) is 0 Å². The first-order valence-corrected chi connectivity index (χ1v) is 9.98. The van der Waals surface area contributed by atoms with Crippen molar-refractivity contribution in [2.24, 2.45) is 5.92 Å². The summed E-state index contributed by atoms with van der Waals surface area (Å²) in [5.41, 5.74) is 2.62. The highest BCUT2D eigenvalue weighted by atomic mass is 16.7. The molecule has 0 bridgehead atoms. The van der Waals surface area contributed by atoms with Gasteiger partial charge < -0.3 is 19.1 Å². The molecule has 5 nitrogen and oxygen atoms in total. The molecule has 3 heterocycles. The van der Waals surface area contributed by atoms with E-state index in [1.165, 1.54) is 12.8 Å². The Labute approximate surface area is 162 Å². The van der Waals surface area contributed by atoms with E-state index in [2.05, 4.69) is 74.7 Å². The number of imidazole rings is 1. The van der Waals surface area contributed by atoms with Crippen LogP contribution in [0.4, 0.5) is 0 Å². The third-order valence-electron chi connectivity index (χ3n) is 7.08. The second-order valence-corrected chi connectivity index (χ2v) is 9.37. The number of piperidine rings is 1. The predicted octanol–water partition coefficient (Wildman–Crippen LogP) is 2.06. The average molecular weight is 363 g/mol. The third kappa shape index (κ3) is 2.79. The summed E-state index contributed by atoms with van der Waals surface area (Å²) in [5, 5.41) is 0. The molecule has 2 unspecified atom stereocenters. The Kier molecular flexibility index (Phi) is 3.72. The normalized spacial score (nSPS) is 31.3. The zero-order valence-electron chi connectivity index (χ0n) is 16.8.